The average Bonchev–Trinajstić information content (AvgIpc) is 2.99. The maximum Gasteiger partial charge on any atom is 0.341 e. The number of esters is 2. The second kappa shape index (κ2) is 9.83. The minimum absolute atomic E-state index is 0.276. The average molecular weight is 418 g/mol. The largest absolute Gasteiger partial charge is 0.465 e. The summed E-state index contributed by atoms with van der Waals surface area (Å²) in [6.45, 7) is 4.48. The third-order valence-corrected chi connectivity index (χ3v) is 5.23. The normalized spacial score (nSPS) is 11.3. The van der Waals surface area contributed by atoms with E-state index in [0.717, 1.165) is 4.88 Å². The molecule has 154 valence electrons. The van der Waals surface area contributed by atoms with Crippen molar-refractivity contribution in [2.45, 2.75) is 26.8 Å². The Hall–Kier alpha value is -3.20. The van der Waals surface area contributed by atoms with Crippen molar-refractivity contribution < 1.29 is 28.7 Å². The summed E-state index contributed by atoms with van der Waals surface area (Å²) in [5, 5.41) is 5.40. The van der Waals surface area contributed by atoms with Crippen molar-refractivity contribution in [2.24, 2.45) is 0 Å². The summed E-state index contributed by atoms with van der Waals surface area (Å²) in [5.74, 6) is -2.34. The zero-order chi connectivity index (χ0) is 21.6. The van der Waals surface area contributed by atoms with Crippen LogP contribution in [0.3, 0.4) is 0 Å². The molecular formula is C20H22N2O6S. The zero-order valence-corrected chi connectivity index (χ0v) is 17.3. The lowest BCUT2D eigenvalue weighted by atomic mass is 10.1. The van der Waals surface area contributed by atoms with Gasteiger partial charge in [-0.15, -0.1) is 11.3 Å². The van der Waals surface area contributed by atoms with E-state index in [1.165, 1.54) is 25.4 Å². The Bertz CT molecular complexity index is 923. The van der Waals surface area contributed by atoms with Crippen LogP contribution in [0.15, 0.2) is 30.3 Å². The molecule has 9 heteroatoms. The van der Waals surface area contributed by atoms with Crippen LogP contribution in [0.4, 0.5) is 5.00 Å². The first-order valence-corrected chi connectivity index (χ1v) is 9.57. The topological polar surface area (TPSA) is 111 Å². The Morgan fingerprint density at radius 3 is 2.38 bits per heavy atom. The van der Waals surface area contributed by atoms with E-state index in [1.807, 2.05) is 6.92 Å². The highest BCUT2D eigenvalue weighted by Gasteiger charge is 2.23. The van der Waals surface area contributed by atoms with E-state index in [0.29, 0.717) is 16.1 Å². The smallest absolute Gasteiger partial charge is 0.341 e. The van der Waals surface area contributed by atoms with Crippen LogP contribution < -0.4 is 10.6 Å². The lowest BCUT2D eigenvalue weighted by Gasteiger charge is -2.13. The zero-order valence-electron chi connectivity index (χ0n) is 16.5. The lowest BCUT2D eigenvalue weighted by Crippen LogP contribution is -2.40. The third kappa shape index (κ3) is 5.64. The van der Waals surface area contributed by atoms with Gasteiger partial charge in [-0.3, -0.25) is 9.59 Å². The summed E-state index contributed by atoms with van der Waals surface area (Å²) in [6.07, 6.45) is 0. The molecule has 0 radical (unpaired) electrons. The van der Waals surface area contributed by atoms with Crippen molar-refractivity contribution in [3.8, 4) is 0 Å². The predicted octanol–water partition coefficient (Wildman–Crippen LogP) is 2.45. The number of ether oxygens (including phenoxy) is 2. The van der Waals surface area contributed by atoms with Gasteiger partial charge in [-0.05, 0) is 38.5 Å². The molecule has 0 fully saturated rings. The molecule has 1 aromatic heterocycles. The van der Waals surface area contributed by atoms with E-state index in [-0.39, 0.29) is 5.56 Å². The SMILES string of the molecule is COC(=O)c1c(NC(=O)COC(=O)[C@H](C)NC(=O)c2ccccc2)sc(C)c1C. The minimum atomic E-state index is -0.938. The number of methoxy groups -OCH3 is 1. The van der Waals surface area contributed by atoms with E-state index < -0.39 is 36.4 Å². The van der Waals surface area contributed by atoms with E-state index in [2.05, 4.69) is 10.6 Å². The minimum Gasteiger partial charge on any atom is -0.465 e. The van der Waals surface area contributed by atoms with Crippen LogP contribution in [0.1, 0.15) is 38.1 Å². The molecule has 0 aliphatic heterocycles. The molecule has 0 saturated carbocycles. The molecule has 2 aromatic rings. The maximum atomic E-state index is 12.1. The van der Waals surface area contributed by atoms with Crippen LogP contribution >= 0.6 is 11.3 Å². The van der Waals surface area contributed by atoms with Crippen LogP contribution in [-0.2, 0) is 19.1 Å². The summed E-state index contributed by atoms with van der Waals surface area (Å²) in [4.78, 5) is 49.1. The van der Waals surface area contributed by atoms with Gasteiger partial charge in [0.25, 0.3) is 11.8 Å². The number of anilines is 1. The number of thiophene rings is 1. The Morgan fingerprint density at radius 2 is 1.76 bits per heavy atom. The van der Waals surface area contributed by atoms with Crippen LogP contribution in [0.5, 0.6) is 0 Å². The fourth-order valence-electron chi connectivity index (χ4n) is 2.42. The Labute approximate surface area is 172 Å². The van der Waals surface area contributed by atoms with Gasteiger partial charge in [0.05, 0.1) is 12.7 Å². The highest BCUT2D eigenvalue weighted by molar-refractivity contribution is 7.16. The molecule has 0 spiro atoms. The van der Waals surface area contributed by atoms with Gasteiger partial charge in [-0.1, -0.05) is 18.2 Å². The monoisotopic (exact) mass is 418 g/mol. The number of carbonyl (C=O) groups is 4. The van der Waals surface area contributed by atoms with Gasteiger partial charge < -0.3 is 20.1 Å². The Balaban J connectivity index is 1.90. The molecule has 0 bridgehead atoms. The lowest BCUT2D eigenvalue weighted by molar-refractivity contribution is -0.148. The predicted molar refractivity (Wildman–Crippen MR) is 108 cm³/mol. The van der Waals surface area contributed by atoms with Gasteiger partial charge in [0.2, 0.25) is 0 Å². The number of aryl methyl sites for hydroxylation is 1. The van der Waals surface area contributed by atoms with Gasteiger partial charge in [-0.25, -0.2) is 9.59 Å². The molecule has 0 aliphatic carbocycles. The molecule has 0 unspecified atom stereocenters. The summed E-state index contributed by atoms with van der Waals surface area (Å²) in [6, 6.07) is 7.48. The highest BCUT2D eigenvalue weighted by atomic mass is 32.1. The highest BCUT2D eigenvalue weighted by Crippen LogP contribution is 2.32. The van der Waals surface area contributed by atoms with Gasteiger partial charge in [-0.2, -0.15) is 0 Å². The summed E-state index contributed by atoms with van der Waals surface area (Å²) < 4.78 is 9.71. The van der Waals surface area contributed by atoms with E-state index in [4.69, 9.17) is 9.47 Å². The summed E-state index contributed by atoms with van der Waals surface area (Å²) >= 11 is 1.23. The molecule has 0 saturated heterocycles. The number of rotatable bonds is 7. The second-order valence-corrected chi connectivity index (χ2v) is 7.42. The van der Waals surface area contributed by atoms with E-state index in [1.54, 1.807) is 37.3 Å². The molecule has 1 aromatic carbocycles. The van der Waals surface area contributed by atoms with Crippen LogP contribution in [-0.4, -0.2) is 43.5 Å². The van der Waals surface area contributed by atoms with Crippen molar-refractivity contribution >= 4 is 40.1 Å². The van der Waals surface area contributed by atoms with Crippen LogP contribution in [0.2, 0.25) is 0 Å². The summed E-state index contributed by atoms with van der Waals surface area (Å²) in [5.41, 5.74) is 1.40. The maximum absolute atomic E-state index is 12.1. The van der Waals surface area contributed by atoms with Gasteiger partial charge in [0, 0.05) is 10.4 Å². The molecule has 1 atom stereocenters. The van der Waals surface area contributed by atoms with E-state index >= 15 is 0 Å². The quantitative estimate of drug-likeness (QED) is 0.668. The first-order valence-electron chi connectivity index (χ1n) is 8.75. The molecule has 29 heavy (non-hydrogen) atoms. The Morgan fingerprint density at radius 1 is 1.10 bits per heavy atom. The first-order chi connectivity index (χ1) is 13.7. The number of hydrogen-bond acceptors (Lipinski definition) is 7. The number of nitrogens with one attached hydrogen (secondary N) is 2. The van der Waals surface area contributed by atoms with Gasteiger partial charge in [0.1, 0.15) is 11.0 Å². The molecular weight excluding hydrogens is 396 g/mol. The third-order valence-electron chi connectivity index (χ3n) is 4.11. The van der Waals surface area contributed by atoms with Crippen molar-refractivity contribution in [1.29, 1.82) is 0 Å². The molecule has 0 aliphatic rings. The summed E-state index contributed by atoms with van der Waals surface area (Å²) in [7, 11) is 1.26. The molecule has 2 rings (SSSR count). The molecule has 1 heterocycles. The number of amides is 2. The van der Waals surface area contributed by atoms with Crippen molar-refractivity contribution in [2.75, 3.05) is 19.0 Å². The van der Waals surface area contributed by atoms with Crippen molar-refractivity contribution in [1.82, 2.24) is 5.32 Å². The number of hydrogen-bond donors (Lipinski definition) is 2. The fraction of sp³-hybridized carbons (Fsp3) is 0.300. The second-order valence-electron chi connectivity index (χ2n) is 6.20. The molecule has 8 nitrogen and oxygen atoms in total. The Kier molecular flexibility index (Phi) is 7.49. The number of carbonyl (C=O) groups excluding carboxylic acids is 4. The standard InChI is InChI=1S/C20H22N2O6S/c1-11-13(3)29-18(16(11)20(26)27-4)22-15(23)10-28-19(25)12(2)21-17(24)14-8-6-5-7-9-14/h5-9,12H,10H2,1-4H3,(H,21,24)(H,22,23)/t12-/m0/s1. The molecule has 2 N–H and O–H groups in total. The molecule has 2 amide bonds. The van der Waals surface area contributed by atoms with Gasteiger partial charge in [0.15, 0.2) is 6.61 Å². The first kappa shape index (κ1) is 22.1. The van der Waals surface area contributed by atoms with Gasteiger partial charge >= 0.3 is 11.9 Å². The van der Waals surface area contributed by atoms with E-state index in [9.17, 15) is 19.2 Å². The fourth-order valence-corrected chi connectivity index (χ4v) is 3.48. The van der Waals surface area contributed by atoms with Crippen LogP contribution in [0, 0.1) is 13.8 Å². The van der Waals surface area contributed by atoms with Crippen molar-refractivity contribution in [3.63, 3.8) is 0 Å². The number of benzene rings is 1. The van der Waals surface area contributed by atoms with Crippen molar-refractivity contribution in [3.05, 3.63) is 51.9 Å². The van der Waals surface area contributed by atoms with Crippen LogP contribution in [0.25, 0.3) is 0 Å².